The van der Waals surface area contributed by atoms with Crippen molar-refractivity contribution in [3.8, 4) is 0 Å². The van der Waals surface area contributed by atoms with Gasteiger partial charge < -0.3 is 14.9 Å². The smallest absolute Gasteiger partial charge is 0.480 e. The van der Waals surface area contributed by atoms with Crippen molar-refractivity contribution >= 4 is 29.5 Å². The number of aliphatic carboxylic acids is 1. The Labute approximate surface area is 211 Å². The second-order valence-electron chi connectivity index (χ2n) is 8.30. The number of nitrogens with one attached hydrogen (secondary N) is 1. The Morgan fingerprint density at radius 3 is 2.29 bits per heavy atom. The molecule has 4 rings (SSSR count). The molecular weight excluding hydrogens is 405 g/mol. The van der Waals surface area contributed by atoms with Crippen LogP contribution in [0, 0.1) is 0 Å². The summed E-state index contributed by atoms with van der Waals surface area (Å²) in [6, 6.07) is 7.37. The van der Waals surface area contributed by atoms with E-state index in [-0.39, 0.29) is 68.6 Å². The van der Waals surface area contributed by atoms with E-state index in [1.54, 1.807) is 4.90 Å². The predicted molar refractivity (Wildman–Crippen MR) is 101 cm³/mol. The molecule has 1 aromatic carbocycles. The standard InChI is InChI=1S/C19H23N3O4S.K/c1-18(2)13(17(25)26)21-15(24)12(16(21)27-18)22-14(23)11(20-19(22,3)4)10-8-6-5-7-9-10;/h5-9,11-13,16,20H,1-4H3,(H,25,26);/q;+1/t11?,12-,13+,16-;/m1./s1. The van der Waals surface area contributed by atoms with E-state index in [0.717, 1.165) is 5.56 Å². The molecule has 3 aliphatic heterocycles. The van der Waals surface area contributed by atoms with Gasteiger partial charge in [0.25, 0.3) is 0 Å². The number of nitrogens with zero attached hydrogens (tertiary/aromatic N) is 2. The van der Waals surface area contributed by atoms with Crippen LogP contribution in [0.3, 0.4) is 0 Å². The molecule has 3 heterocycles. The minimum atomic E-state index is -1.01. The maximum Gasteiger partial charge on any atom is 1.00 e. The van der Waals surface area contributed by atoms with Crippen LogP contribution < -0.4 is 56.7 Å². The van der Waals surface area contributed by atoms with Crippen LogP contribution in [0.25, 0.3) is 0 Å². The molecule has 7 nitrogen and oxygen atoms in total. The van der Waals surface area contributed by atoms with Crippen molar-refractivity contribution in [2.75, 3.05) is 0 Å². The van der Waals surface area contributed by atoms with Crippen molar-refractivity contribution in [3.63, 3.8) is 0 Å². The van der Waals surface area contributed by atoms with Crippen LogP contribution in [0.1, 0.15) is 39.3 Å². The summed E-state index contributed by atoms with van der Waals surface area (Å²) in [4.78, 5) is 40.9. The van der Waals surface area contributed by atoms with Gasteiger partial charge in [-0.05, 0) is 33.3 Å². The van der Waals surface area contributed by atoms with E-state index in [2.05, 4.69) is 5.32 Å². The summed E-state index contributed by atoms with van der Waals surface area (Å²) < 4.78 is -0.611. The Kier molecular flexibility index (Phi) is 5.86. The first-order chi connectivity index (χ1) is 12.6. The third-order valence-corrected chi connectivity index (χ3v) is 7.20. The number of amides is 2. The molecule has 3 saturated heterocycles. The van der Waals surface area contributed by atoms with E-state index >= 15 is 0 Å². The van der Waals surface area contributed by atoms with Crippen LogP contribution in [0.4, 0.5) is 0 Å². The Bertz CT molecular complexity index is 832. The van der Waals surface area contributed by atoms with Crippen LogP contribution in [0.15, 0.2) is 30.3 Å². The zero-order valence-electron chi connectivity index (χ0n) is 16.7. The molecule has 3 fully saturated rings. The summed E-state index contributed by atoms with van der Waals surface area (Å²) in [5.41, 5.74) is 0.139. The fourth-order valence-electron chi connectivity index (χ4n) is 4.49. The SMILES string of the molecule is CC1(C)S[C@@H]2[C@H](N3C(=O)C(c4ccccc4)NC3(C)C)C(=O)N2[C@H]1C(=O)O.[K+]. The van der Waals surface area contributed by atoms with Gasteiger partial charge in [-0.15, -0.1) is 11.8 Å². The quantitative estimate of drug-likeness (QED) is 0.446. The molecule has 2 N–H and O–H groups in total. The molecule has 144 valence electrons. The maximum atomic E-state index is 13.2. The number of benzene rings is 1. The Morgan fingerprint density at radius 1 is 1.11 bits per heavy atom. The molecule has 0 radical (unpaired) electrons. The molecule has 1 unspecified atom stereocenters. The van der Waals surface area contributed by atoms with Crippen LogP contribution in [-0.2, 0) is 14.4 Å². The number of carboxylic acid groups (broad SMARTS) is 1. The summed E-state index contributed by atoms with van der Waals surface area (Å²) in [5, 5.41) is 12.6. The minimum absolute atomic E-state index is 0. The molecule has 2 amide bonds. The molecule has 3 aliphatic rings. The fourth-order valence-corrected chi connectivity index (χ4v) is 6.16. The number of carbonyl (C=O) groups excluding carboxylic acids is 2. The van der Waals surface area contributed by atoms with Gasteiger partial charge in [0.1, 0.15) is 23.5 Å². The summed E-state index contributed by atoms with van der Waals surface area (Å²) in [6.45, 7) is 7.43. The van der Waals surface area contributed by atoms with Crippen molar-refractivity contribution in [3.05, 3.63) is 35.9 Å². The second-order valence-corrected chi connectivity index (χ2v) is 10.1. The van der Waals surface area contributed by atoms with E-state index < -0.39 is 34.5 Å². The number of hydrogen-bond acceptors (Lipinski definition) is 5. The predicted octanol–water partition coefficient (Wildman–Crippen LogP) is -1.58. The number of β-lactam (4-membered cyclic amide) rings is 1. The number of fused-ring (bicyclic) bond motifs is 1. The monoisotopic (exact) mass is 428 g/mol. The first-order valence-corrected chi connectivity index (χ1v) is 9.83. The van der Waals surface area contributed by atoms with Gasteiger partial charge in [-0.1, -0.05) is 30.3 Å². The fraction of sp³-hybridized carbons (Fsp3) is 0.526. The molecule has 9 heteroatoms. The Morgan fingerprint density at radius 2 is 1.71 bits per heavy atom. The van der Waals surface area contributed by atoms with Crippen LogP contribution >= 0.6 is 11.8 Å². The number of carbonyl (C=O) groups is 3. The maximum absolute atomic E-state index is 13.2. The first kappa shape index (κ1) is 22.3. The van der Waals surface area contributed by atoms with Gasteiger partial charge in [0.2, 0.25) is 11.8 Å². The first-order valence-electron chi connectivity index (χ1n) is 8.95. The van der Waals surface area contributed by atoms with Gasteiger partial charge >= 0.3 is 57.4 Å². The van der Waals surface area contributed by atoms with Gasteiger partial charge in [0, 0.05) is 4.75 Å². The van der Waals surface area contributed by atoms with Gasteiger partial charge in [-0.3, -0.25) is 14.9 Å². The molecular formula is C19H23KN3O4S+. The third-order valence-electron chi connectivity index (χ3n) is 5.64. The van der Waals surface area contributed by atoms with E-state index in [0.29, 0.717) is 0 Å². The zero-order chi connectivity index (χ0) is 19.7. The summed E-state index contributed by atoms with van der Waals surface area (Å²) in [5.74, 6) is -1.45. The van der Waals surface area contributed by atoms with Crippen molar-refractivity contribution in [1.29, 1.82) is 0 Å². The van der Waals surface area contributed by atoms with E-state index in [1.165, 1.54) is 16.7 Å². The van der Waals surface area contributed by atoms with Crippen molar-refractivity contribution in [1.82, 2.24) is 15.1 Å². The third kappa shape index (κ3) is 3.19. The van der Waals surface area contributed by atoms with Crippen molar-refractivity contribution in [2.24, 2.45) is 0 Å². The largest absolute Gasteiger partial charge is 1.00 e. The van der Waals surface area contributed by atoms with Gasteiger partial charge in [-0.2, -0.15) is 0 Å². The normalized spacial score (nSPS) is 32.6. The summed E-state index contributed by atoms with van der Waals surface area (Å²) >= 11 is 1.46. The van der Waals surface area contributed by atoms with E-state index in [4.69, 9.17) is 0 Å². The molecule has 0 bridgehead atoms. The average molecular weight is 429 g/mol. The van der Waals surface area contributed by atoms with Crippen LogP contribution in [0.2, 0.25) is 0 Å². The Hall–Kier alpha value is -0.424. The Balaban J connectivity index is 0.00000225. The topological polar surface area (TPSA) is 90.0 Å². The van der Waals surface area contributed by atoms with Crippen LogP contribution in [0.5, 0.6) is 0 Å². The molecule has 0 saturated carbocycles. The molecule has 0 aliphatic carbocycles. The van der Waals surface area contributed by atoms with Crippen molar-refractivity contribution < 1.29 is 70.9 Å². The van der Waals surface area contributed by atoms with Gasteiger partial charge in [0.05, 0.1) is 5.66 Å². The molecule has 0 aromatic heterocycles. The zero-order valence-corrected chi connectivity index (χ0v) is 20.6. The number of rotatable bonds is 3. The van der Waals surface area contributed by atoms with Crippen molar-refractivity contribution in [2.45, 2.75) is 61.6 Å². The van der Waals surface area contributed by atoms with E-state index in [9.17, 15) is 19.5 Å². The molecule has 1 aromatic rings. The minimum Gasteiger partial charge on any atom is -0.480 e. The summed E-state index contributed by atoms with van der Waals surface area (Å²) in [6.07, 6.45) is 0. The molecule has 4 atom stereocenters. The number of carboxylic acids is 1. The number of thioether (sulfide) groups is 1. The average Bonchev–Trinajstić information content (AvgIpc) is 2.98. The molecule has 0 spiro atoms. The number of hydrogen-bond donors (Lipinski definition) is 2. The summed E-state index contributed by atoms with van der Waals surface area (Å²) in [7, 11) is 0. The van der Waals surface area contributed by atoms with E-state index in [1.807, 2.05) is 58.0 Å². The molecule has 28 heavy (non-hydrogen) atoms. The van der Waals surface area contributed by atoms with Gasteiger partial charge in [-0.25, -0.2) is 4.79 Å². The van der Waals surface area contributed by atoms with Gasteiger partial charge in [0.15, 0.2) is 0 Å². The van der Waals surface area contributed by atoms with Crippen LogP contribution in [-0.4, -0.2) is 60.6 Å². The second kappa shape index (κ2) is 7.37.